The summed E-state index contributed by atoms with van der Waals surface area (Å²) >= 11 is 0. The highest BCUT2D eigenvalue weighted by molar-refractivity contribution is 5.71. The van der Waals surface area contributed by atoms with Crippen molar-refractivity contribution in [1.82, 2.24) is 0 Å². The first-order valence-electron chi connectivity index (χ1n) is 29.0. The van der Waals surface area contributed by atoms with Crippen LogP contribution in [0.25, 0.3) is 0 Å². The molecule has 0 amide bonds. The van der Waals surface area contributed by atoms with E-state index in [9.17, 15) is 14.4 Å². The molecule has 0 aliphatic carbocycles. The van der Waals surface area contributed by atoms with E-state index in [1.54, 1.807) is 0 Å². The number of hydrogen-bond acceptors (Lipinski definition) is 6. The van der Waals surface area contributed by atoms with Crippen LogP contribution in [0.4, 0.5) is 0 Å². The molecule has 6 heteroatoms. The maximum absolute atomic E-state index is 12.9. The highest BCUT2D eigenvalue weighted by Gasteiger charge is 2.19. The third-order valence-electron chi connectivity index (χ3n) is 12.2. The summed E-state index contributed by atoms with van der Waals surface area (Å²) in [6.45, 7) is 6.42. The average Bonchev–Trinajstić information content (AvgIpc) is 3.36. The second-order valence-electron chi connectivity index (χ2n) is 19.0. The molecule has 0 aromatic heterocycles. The molecular formula is C64H106O6. The zero-order valence-corrected chi connectivity index (χ0v) is 45.5. The Morgan fingerprint density at radius 3 is 0.929 bits per heavy atom. The molecule has 0 rings (SSSR count). The molecule has 398 valence electrons. The van der Waals surface area contributed by atoms with Crippen LogP contribution in [0.2, 0.25) is 0 Å². The Hall–Kier alpha value is -3.93. The molecule has 0 N–H and O–H groups in total. The molecule has 0 aromatic rings. The predicted octanol–water partition coefficient (Wildman–Crippen LogP) is 19.5. The molecule has 70 heavy (non-hydrogen) atoms. The van der Waals surface area contributed by atoms with E-state index in [0.29, 0.717) is 19.3 Å². The predicted molar refractivity (Wildman–Crippen MR) is 302 cm³/mol. The zero-order chi connectivity index (χ0) is 50.7. The van der Waals surface area contributed by atoms with Gasteiger partial charge in [0.05, 0.1) is 0 Å². The van der Waals surface area contributed by atoms with E-state index in [1.807, 2.05) is 48.6 Å². The summed E-state index contributed by atoms with van der Waals surface area (Å²) in [5.74, 6) is -0.962. The Kier molecular flexibility index (Phi) is 54.4. The lowest BCUT2D eigenvalue weighted by Gasteiger charge is -2.18. The van der Waals surface area contributed by atoms with Crippen LogP contribution < -0.4 is 0 Å². The Bertz CT molecular complexity index is 1440. The Morgan fingerprint density at radius 1 is 0.300 bits per heavy atom. The normalized spacial score (nSPS) is 12.9. The van der Waals surface area contributed by atoms with Gasteiger partial charge in [-0.3, -0.25) is 14.4 Å². The molecular weight excluding hydrogens is 865 g/mol. The van der Waals surface area contributed by atoms with Crippen molar-refractivity contribution < 1.29 is 28.6 Å². The van der Waals surface area contributed by atoms with E-state index >= 15 is 0 Å². The van der Waals surface area contributed by atoms with Gasteiger partial charge in [0.15, 0.2) is 6.10 Å². The third-order valence-corrected chi connectivity index (χ3v) is 12.2. The van der Waals surface area contributed by atoms with Crippen molar-refractivity contribution in [2.24, 2.45) is 0 Å². The molecule has 0 aliphatic rings. The van der Waals surface area contributed by atoms with E-state index in [0.717, 1.165) is 89.9 Å². The number of allylic oxidation sites excluding steroid dienone is 18. The van der Waals surface area contributed by atoms with Crippen LogP contribution >= 0.6 is 0 Å². The molecule has 0 saturated heterocycles. The van der Waals surface area contributed by atoms with E-state index in [1.165, 1.54) is 128 Å². The number of esters is 3. The number of rotatable bonds is 51. The first-order valence-corrected chi connectivity index (χ1v) is 29.0. The van der Waals surface area contributed by atoms with Crippen LogP contribution in [0.3, 0.4) is 0 Å². The van der Waals surface area contributed by atoms with Crippen molar-refractivity contribution in [2.45, 2.75) is 264 Å². The van der Waals surface area contributed by atoms with Crippen LogP contribution in [-0.2, 0) is 28.6 Å². The molecule has 1 atom stereocenters. The van der Waals surface area contributed by atoms with Gasteiger partial charge in [-0.25, -0.2) is 0 Å². The fourth-order valence-electron chi connectivity index (χ4n) is 7.80. The molecule has 0 aliphatic heterocycles. The van der Waals surface area contributed by atoms with Crippen molar-refractivity contribution in [1.29, 1.82) is 0 Å². The lowest BCUT2D eigenvalue weighted by atomic mass is 10.1. The number of hydrogen-bond donors (Lipinski definition) is 0. The molecule has 0 fully saturated rings. The van der Waals surface area contributed by atoms with Gasteiger partial charge < -0.3 is 14.2 Å². The largest absolute Gasteiger partial charge is 0.462 e. The standard InChI is InChI=1S/C64H106O6/c1-4-7-10-13-16-19-22-25-28-30-32-34-36-39-42-45-48-51-54-57-63(66)69-60-61(59-68-62(65)56-53-50-47-44-41-38-35-27-24-21-18-15-12-9-6-3)70-64(67)58-55-52-49-46-43-40-37-33-31-29-26-23-20-17-14-11-8-5-2/h9,12,15-16,18-19,21-22,24-25,27,29,31,33,35,37-38,41,61H,4-8,10-11,13-14,17,20,23,26,28,30,32,34,36,39-40,42-60H2,1-3H3/b12-9-,18-15-,19-16-,24-21-,25-22-,31-29-,35-27-,37-33-,41-38-. The second-order valence-corrected chi connectivity index (χ2v) is 19.0. The van der Waals surface area contributed by atoms with E-state index in [-0.39, 0.29) is 31.1 Å². The minimum atomic E-state index is -0.808. The molecule has 0 aromatic carbocycles. The summed E-state index contributed by atoms with van der Waals surface area (Å²) in [6, 6.07) is 0. The smallest absolute Gasteiger partial charge is 0.306 e. The highest BCUT2D eigenvalue weighted by Crippen LogP contribution is 2.15. The zero-order valence-electron chi connectivity index (χ0n) is 45.5. The van der Waals surface area contributed by atoms with Crippen molar-refractivity contribution >= 4 is 17.9 Å². The van der Waals surface area contributed by atoms with Gasteiger partial charge in [-0.1, -0.05) is 259 Å². The van der Waals surface area contributed by atoms with Crippen molar-refractivity contribution in [2.75, 3.05) is 13.2 Å². The van der Waals surface area contributed by atoms with E-state index in [2.05, 4.69) is 81.5 Å². The van der Waals surface area contributed by atoms with E-state index < -0.39 is 6.10 Å². The van der Waals surface area contributed by atoms with Gasteiger partial charge in [0.2, 0.25) is 0 Å². The van der Waals surface area contributed by atoms with Gasteiger partial charge in [-0.05, 0) is 89.9 Å². The van der Waals surface area contributed by atoms with Crippen LogP contribution in [0.5, 0.6) is 0 Å². The van der Waals surface area contributed by atoms with Gasteiger partial charge >= 0.3 is 17.9 Å². The Balaban J connectivity index is 4.48. The van der Waals surface area contributed by atoms with Gasteiger partial charge in [0, 0.05) is 19.3 Å². The molecule has 0 radical (unpaired) electrons. The summed E-state index contributed by atoms with van der Waals surface area (Å²) in [6.07, 6.45) is 77.9. The molecule has 0 spiro atoms. The van der Waals surface area contributed by atoms with Crippen molar-refractivity contribution in [3.8, 4) is 0 Å². The van der Waals surface area contributed by atoms with Gasteiger partial charge in [0.25, 0.3) is 0 Å². The lowest BCUT2D eigenvalue weighted by Crippen LogP contribution is -2.30. The summed E-state index contributed by atoms with van der Waals surface area (Å²) in [5, 5.41) is 0. The Morgan fingerprint density at radius 2 is 0.557 bits per heavy atom. The van der Waals surface area contributed by atoms with E-state index in [4.69, 9.17) is 14.2 Å². The topological polar surface area (TPSA) is 78.9 Å². The number of carbonyl (C=O) groups is 3. The average molecular weight is 972 g/mol. The van der Waals surface area contributed by atoms with Crippen LogP contribution in [0, 0.1) is 0 Å². The third kappa shape index (κ3) is 55.0. The molecule has 0 bridgehead atoms. The minimum absolute atomic E-state index is 0.101. The maximum atomic E-state index is 12.9. The van der Waals surface area contributed by atoms with Gasteiger partial charge in [0.1, 0.15) is 13.2 Å². The fourth-order valence-corrected chi connectivity index (χ4v) is 7.80. The highest BCUT2D eigenvalue weighted by atomic mass is 16.6. The molecule has 1 unspecified atom stereocenters. The summed E-state index contributed by atoms with van der Waals surface area (Å²) in [7, 11) is 0. The molecule has 6 nitrogen and oxygen atoms in total. The van der Waals surface area contributed by atoms with Crippen molar-refractivity contribution in [3.63, 3.8) is 0 Å². The van der Waals surface area contributed by atoms with Gasteiger partial charge in [-0.2, -0.15) is 0 Å². The number of ether oxygens (including phenoxy) is 3. The minimum Gasteiger partial charge on any atom is -0.462 e. The first kappa shape index (κ1) is 66.1. The van der Waals surface area contributed by atoms with Crippen LogP contribution in [0.1, 0.15) is 258 Å². The quantitative estimate of drug-likeness (QED) is 0.0262. The summed E-state index contributed by atoms with van der Waals surface area (Å²) in [4.78, 5) is 38.2. The summed E-state index contributed by atoms with van der Waals surface area (Å²) in [5.41, 5.74) is 0. The SMILES string of the molecule is CC\C=C/C=C\C=C/C=C\C=C/CCCCCC(=O)OCC(COC(=O)CCCCCCCCCCCC/C=C\C=C/CCCCC)OC(=O)CCCCCCC/C=C\C=C/CCCCCCCCC. The lowest BCUT2D eigenvalue weighted by molar-refractivity contribution is -0.167. The van der Waals surface area contributed by atoms with Crippen molar-refractivity contribution in [3.05, 3.63) is 109 Å². The van der Waals surface area contributed by atoms with Gasteiger partial charge in [-0.15, -0.1) is 0 Å². The Labute approximate surface area is 431 Å². The fraction of sp³-hybridized carbons (Fsp3) is 0.672. The molecule has 0 heterocycles. The number of carbonyl (C=O) groups excluding carboxylic acids is 3. The van der Waals surface area contributed by atoms with Crippen LogP contribution in [0.15, 0.2) is 109 Å². The first-order chi connectivity index (χ1) is 34.5. The monoisotopic (exact) mass is 971 g/mol. The van der Waals surface area contributed by atoms with Crippen LogP contribution in [-0.4, -0.2) is 37.2 Å². The summed E-state index contributed by atoms with van der Waals surface area (Å²) < 4.78 is 16.8. The molecule has 0 saturated carbocycles. The number of unbranched alkanes of at least 4 members (excludes halogenated alkanes) is 28. The maximum Gasteiger partial charge on any atom is 0.306 e. The second kappa shape index (κ2) is 57.6.